The molecule has 3 heterocycles. The highest BCUT2D eigenvalue weighted by molar-refractivity contribution is 8.01. The number of hydrogen-bond acceptors (Lipinski definition) is 4. The Morgan fingerprint density at radius 3 is 2.86 bits per heavy atom. The van der Waals surface area contributed by atoms with Crippen LogP contribution in [0.15, 0.2) is 24.4 Å². The molecule has 118 valence electrons. The Morgan fingerprint density at radius 1 is 1.41 bits per heavy atom. The first-order valence-electron chi connectivity index (χ1n) is 7.79. The van der Waals surface area contributed by atoms with Crippen molar-refractivity contribution >= 4 is 17.7 Å². The van der Waals surface area contributed by atoms with E-state index < -0.39 is 5.67 Å². The third kappa shape index (κ3) is 2.37. The molecule has 0 aromatic carbocycles. The van der Waals surface area contributed by atoms with Gasteiger partial charge < -0.3 is 9.64 Å². The molecule has 6 heteroatoms. The quantitative estimate of drug-likeness (QED) is 0.857. The van der Waals surface area contributed by atoms with E-state index in [0.29, 0.717) is 31.8 Å². The van der Waals surface area contributed by atoms with Crippen molar-refractivity contribution in [2.75, 3.05) is 18.8 Å². The van der Waals surface area contributed by atoms with Gasteiger partial charge in [0.2, 0.25) is 5.88 Å². The average molecular weight is 322 g/mol. The van der Waals surface area contributed by atoms with Crippen molar-refractivity contribution in [2.45, 2.75) is 42.2 Å². The molecule has 3 fully saturated rings. The number of alkyl halides is 1. The van der Waals surface area contributed by atoms with Gasteiger partial charge >= 0.3 is 0 Å². The van der Waals surface area contributed by atoms with E-state index in [1.165, 1.54) is 0 Å². The van der Waals surface area contributed by atoms with E-state index in [-0.39, 0.29) is 16.8 Å². The van der Waals surface area contributed by atoms with E-state index in [9.17, 15) is 9.18 Å². The monoisotopic (exact) mass is 322 g/mol. The van der Waals surface area contributed by atoms with E-state index in [1.54, 1.807) is 11.1 Å². The molecule has 2 saturated heterocycles. The summed E-state index contributed by atoms with van der Waals surface area (Å²) in [6.07, 6.45) is 4.37. The number of aromatic nitrogens is 1. The van der Waals surface area contributed by atoms with Gasteiger partial charge in [-0.3, -0.25) is 4.79 Å². The van der Waals surface area contributed by atoms with Crippen molar-refractivity contribution in [1.82, 2.24) is 9.88 Å². The van der Waals surface area contributed by atoms with Crippen LogP contribution in [0.25, 0.3) is 0 Å². The molecule has 1 amide bonds. The minimum Gasteiger partial charge on any atom is -0.473 e. The number of pyridine rings is 1. The van der Waals surface area contributed by atoms with Gasteiger partial charge in [-0.1, -0.05) is 6.07 Å². The van der Waals surface area contributed by atoms with E-state index in [0.717, 1.165) is 18.6 Å². The highest BCUT2D eigenvalue weighted by atomic mass is 32.2. The molecular weight excluding hydrogens is 303 g/mol. The molecule has 1 atom stereocenters. The predicted molar refractivity (Wildman–Crippen MR) is 82.7 cm³/mol. The third-order valence-electron chi connectivity index (χ3n) is 4.87. The van der Waals surface area contributed by atoms with Crippen LogP contribution < -0.4 is 4.74 Å². The lowest BCUT2D eigenvalue weighted by Gasteiger charge is -2.50. The van der Waals surface area contributed by atoms with Gasteiger partial charge in [0.1, 0.15) is 6.10 Å². The van der Waals surface area contributed by atoms with Gasteiger partial charge in [0.15, 0.2) is 5.67 Å². The molecule has 4 nitrogen and oxygen atoms in total. The first-order valence-corrected chi connectivity index (χ1v) is 8.77. The summed E-state index contributed by atoms with van der Waals surface area (Å²) in [5.41, 5.74) is -1.56. The van der Waals surface area contributed by atoms with Gasteiger partial charge in [0.25, 0.3) is 5.91 Å². The summed E-state index contributed by atoms with van der Waals surface area (Å²) in [5.74, 6) is 1.26. The smallest absolute Gasteiger partial charge is 0.260 e. The number of amides is 1. The topological polar surface area (TPSA) is 42.4 Å². The number of thioether (sulfide) groups is 1. The molecule has 1 aromatic rings. The van der Waals surface area contributed by atoms with Gasteiger partial charge in [-0.05, 0) is 25.3 Å². The SMILES string of the molecule is O=C(N1CC2(CC(Oc3ccccn3)CS2)C1)C1(F)CCC1. The van der Waals surface area contributed by atoms with E-state index in [1.807, 2.05) is 30.0 Å². The van der Waals surface area contributed by atoms with Crippen molar-refractivity contribution < 1.29 is 13.9 Å². The first-order chi connectivity index (χ1) is 10.6. The fraction of sp³-hybridized carbons (Fsp3) is 0.625. The van der Waals surface area contributed by atoms with Crippen LogP contribution in [-0.2, 0) is 4.79 Å². The van der Waals surface area contributed by atoms with E-state index >= 15 is 0 Å². The molecule has 1 unspecified atom stereocenters. The normalized spacial score (nSPS) is 28.0. The second-order valence-corrected chi connectivity index (χ2v) is 8.07. The number of carbonyl (C=O) groups excluding carboxylic acids is 1. The zero-order valence-electron chi connectivity index (χ0n) is 12.3. The summed E-state index contributed by atoms with van der Waals surface area (Å²) in [4.78, 5) is 18.0. The molecule has 1 aliphatic carbocycles. The second kappa shape index (κ2) is 5.11. The molecule has 1 saturated carbocycles. The summed E-state index contributed by atoms with van der Waals surface area (Å²) in [6.45, 7) is 1.31. The summed E-state index contributed by atoms with van der Waals surface area (Å²) < 4.78 is 20.1. The number of rotatable bonds is 3. The molecule has 1 spiro atoms. The van der Waals surface area contributed by atoms with Gasteiger partial charge in [0.05, 0.1) is 4.75 Å². The number of hydrogen-bond donors (Lipinski definition) is 0. The average Bonchev–Trinajstić information content (AvgIpc) is 2.88. The van der Waals surface area contributed by atoms with Crippen molar-refractivity contribution in [3.63, 3.8) is 0 Å². The second-order valence-electron chi connectivity index (χ2n) is 6.59. The molecule has 0 N–H and O–H groups in total. The van der Waals surface area contributed by atoms with Crippen LogP contribution in [0.4, 0.5) is 4.39 Å². The molecule has 3 aliphatic rings. The van der Waals surface area contributed by atoms with Crippen LogP contribution in [0.1, 0.15) is 25.7 Å². The fourth-order valence-electron chi connectivity index (χ4n) is 3.46. The minimum atomic E-state index is -1.56. The number of halogens is 1. The Balaban J connectivity index is 1.32. The summed E-state index contributed by atoms with van der Waals surface area (Å²) in [7, 11) is 0. The molecular formula is C16H19FN2O2S. The lowest BCUT2D eigenvalue weighted by atomic mass is 9.79. The highest BCUT2D eigenvalue weighted by Crippen LogP contribution is 2.48. The summed E-state index contributed by atoms with van der Waals surface area (Å²) >= 11 is 1.85. The third-order valence-corrected chi connectivity index (χ3v) is 6.45. The van der Waals surface area contributed by atoms with Gasteiger partial charge in [-0.2, -0.15) is 0 Å². The highest BCUT2D eigenvalue weighted by Gasteiger charge is 2.56. The Kier molecular flexibility index (Phi) is 3.33. The zero-order valence-corrected chi connectivity index (χ0v) is 13.2. The van der Waals surface area contributed by atoms with Crippen LogP contribution in [0.5, 0.6) is 5.88 Å². The molecule has 0 radical (unpaired) electrons. The Labute approximate surface area is 133 Å². The Hall–Kier alpha value is -1.30. The maximum atomic E-state index is 14.2. The maximum absolute atomic E-state index is 14.2. The number of ether oxygens (including phenoxy) is 1. The number of nitrogens with zero attached hydrogens (tertiary/aromatic N) is 2. The molecule has 0 bridgehead atoms. The van der Waals surface area contributed by atoms with Crippen LogP contribution in [0.3, 0.4) is 0 Å². The van der Waals surface area contributed by atoms with Gasteiger partial charge in [-0.15, -0.1) is 11.8 Å². The van der Waals surface area contributed by atoms with Crippen LogP contribution >= 0.6 is 11.8 Å². The standard InChI is InChI=1S/C16H19FN2O2S/c17-16(5-3-6-16)14(20)19-10-15(11-19)8-12(9-22-15)21-13-4-1-2-7-18-13/h1-2,4,7,12H,3,5-6,8-11H2. The zero-order chi connectivity index (χ0) is 15.2. The fourth-order valence-corrected chi connectivity index (χ4v) is 4.99. The maximum Gasteiger partial charge on any atom is 0.260 e. The van der Waals surface area contributed by atoms with Crippen molar-refractivity contribution in [3.05, 3.63) is 24.4 Å². The lowest BCUT2D eigenvalue weighted by Crippen LogP contribution is -2.65. The molecule has 2 aliphatic heterocycles. The number of carbonyl (C=O) groups is 1. The van der Waals surface area contributed by atoms with Gasteiger partial charge in [0, 0.05) is 37.5 Å². The number of likely N-dealkylation sites (tertiary alicyclic amines) is 1. The largest absolute Gasteiger partial charge is 0.473 e. The Bertz CT molecular complexity index is 573. The Morgan fingerprint density at radius 2 is 2.23 bits per heavy atom. The van der Waals surface area contributed by atoms with Crippen LogP contribution in [-0.4, -0.2) is 51.2 Å². The van der Waals surface area contributed by atoms with E-state index in [4.69, 9.17) is 4.74 Å². The molecule has 1 aromatic heterocycles. The summed E-state index contributed by atoms with van der Waals surface area (Å²) in [6, 6.07) is 5.62. The minimum absolute atomic E-state index is 0.0647. The summed E-state index contributed by atoms with van der Waals surface area (Å²) in [5, 5.41) is 0. The predicted octanol–water partition coefficient (Wildman–Crippen LogP) is 2.44. The van der Waals surface area contributed by atoms with Crippen LogP contribution in [0.2, 0.25) is 0 Å². The first kappa shape index (κ1) is 14.3. The molecule has 4 rings (SSSR count). The van der Waals surface area contributed by atoms with Crippen molar-refractivity contribution in [2.24, 2.45) is 0 Å². The van der Waals surface area contributed by atoms with Crippen molar-refractivity contribution in [1.29, 1.82) is 0 Å². The lowest BCUT2D eigenvalue weighted by molar-refractivity contribution is -0.155. The van der Waals surface area contributed by atoms with E-state index in [2.05, 4.69) is 4.98 Å². The van der Waals surface area contributed by atoms with Crippen LogP contribution in [0, 0.1) is 0 Å². The molecule has 22 heavy (non-hydrogen) atoms. The van der Waals surface area contributed by atoms with Crippen molar-refractivity contribution in [3.8, 4) is 5.88 Å². The van der Waals surface area contributed by atoms with Gasteiger partial charge in [-0.25, -0.2) is 9.37 Å².